The molecule has 0 aliphatic heterocycles. The van der Waals surface area contributed by atoms with Crippen LogP contribution < -0.4 is 5.32 Å². The van der Waals surface area contributed by atoms with Crippen LogP contribution in [-0.4, -0.2) is 16.1 Å². The number of rotatable bonds is 5. The van der Waals surface area contributed by atoms with Crippen molar-refractivity contribution >= 4 is 29.1 Å². The molecule has 150 valence electrons. The molecule has 0 bridgehead atoms. The van der Waals surface area contributed by atoms with E-state index in [0.717, 1.165) is 33.6 Å². The number of hydrogen-bond donors (Lipinski definition) is 2. The van der Waals surface area contributed by atoms with E-state index in [9.17, 15) is 4.79 Å². The van der Waals surface area contributed by atoms with Crippen molar-refractivity contribution in [2.24, 2.45) is 0 Å². The molecule has 0 aliphatic rings. The molecule has 4 nitrogen and oxygen atoms in total. The molecule has 0 spiro atoms. The molecular weight excluding hydrogens is 417 g/mol. The quantitative estimate of drug-likeness (QED) is 0.386. The number of hydrogen-bond acceptors (Lipinski definition) is 2. The van der Waals surface area contributed by atoms with Gasteiger partial charge in [0.1, 0.15) is 0 Å². The predicted molar refractivity (Wildman–Crippen MR) is 122 cm³/mol. The highest BCUT2D eigenvalue weighted by Gasteiger charge is 2.11. The zero-order valence-electron chi connectivity index (χ0n) is 16.2. The summed E-state index contributed by atoms with van der Waals surface area (Å²) in [6.07, 6.45) is 0. The fourth-order valence-corrected chi connectivity index (χ4v) is 3.70. The molecule has 30 heavy (non-hydrogen) atoms. The summed E-state index contributed by atoms with van der Waals surface area (Å²) in [6, 6.07) is 22.6. The van der Waals surface area contributed by atoms with Crippen LogP contribution in [0.5, 0.6) is 0 Å². The van der Waals surface area contributed by atoms with Gasteiger partial charge in [-0.05, 0) is 54.4 Å². The van der Waals surface area contributed by atoms with Crippen LogP contribution in [0.4, 0.5) is 0 Å². The maximum Gasteiger partial charge on any atom is 0.251 e. The van der Waals surface area contributed by atoms with Crippen molar-refractivity contribution in [1.29, 1.82) is 0 Å². The molecule has 0 atom stereocenters. The Hall–Kier alpha value is -3.08. The van der Waals surface area contributed by atoms with E-state index in [1.54, 1.807) is 24.3 Å². The summed E-state index contributed by atoms with van der Waals surface area (Å²) in [7, 11) is 0. The number of halogens is 2. The first-order valence-corrected chi connectivity index (χ1v) is 10.2. The zero-order valence-corrected chi connectivity index (χ0v) is 17.8. The number of carbonyl (C=O) groups is 1. The van der Waals surface area contributed by atoms with E-state index in [1.807, 2.05) is 55.5 Å². The third-order valence-electron chi connectivity index (χ3n) is 4.94. The second-order valence-corrected chi connectivity index (χ2v) is 7.82. The minimum Gasteiger partial charge on any atom is -0.348 e. The van der Waals surface area contributed by atoms with Crippen LogP contribution in [0.15, 0.2) is 72.8 Å². The minimum absolute atomic E-state index is 0.111. The van der Waals surface area contributed by atoms with Crippen LogP contribution >= 0.6 is 23.2 Å². The summed E-state index contributed by atoms with van der Waals surface area (Å²) in [5.74, 6) is -0.111. The molecule has 0 fully saturated rings. The molecule has 1 heterocycles. The number of aryl methyl sites for hydroxylation is 1. The molecule has 0 saturated carbocycles. The Bertz CT molecular complexity index is 1200. The second-order valence-electron chi connectivity index (χ2n) is 6.98. The Morgan fingerprint density at radius 1 is 1.00 bits per heavy atom. The van der Waals surface area contributed by atoms with E-state index in [0.29, 0.717) is 22.2 Å². The molecule has 1 aromatic heterocycles. The number of benzene rings is 3. The summed E-state index contributed by atoms with van der Waals surface area (Å²) >= 11 is 12.2. The number of carbonyl (C=O) groups excluding carboxylic acids is 1. The van der Waals surface area contributed by atoms with Gasteiger partial charge in [-0.3, -0.25) is 9.89 Å². The molecular formula is C24H19Cl2N3O. The van der Waals surface area contributed by atoms with Crippen molar-refractivity contribution in [2.75, 3.05) is 0 Å². The van der Waals surface area contributed by atoms with Gasteiger partial charge in [0.25, 0.3) is 5.91 Å². The van der Waals surface area contributed by atoms with Gasteiger partial charge in [0, 0.05) is 28.3 Å². The van der Waals surface area contributed by atoms with Crippen LogP contribution in [0.1, 0.15) is 21.5 Å². The third-order valence-corrected chi connectivity index (χ3v) is 5.49. The SMILES string of the molecule is Cc1ccccc1CNC(=O)c1ccc(-c2cc(-c3ccc(Cl)cc3Cl)[nH]n2)cc1. The lowest BCUT2D eigenvalue weighted by atomic mass is 10.1. The van der Waals surface area contributed by atoms with E-state index >= 15 is 0 Å². The van der Waals surface area contributed by atoms with Gasteiger partial charge in [-0.1, -0.05) is 59.6 Å². The van der Waals surface area contributed by atoms with Gasteiger partial charge in [0.2, 0.25) is 0 Å². The first-order valence-electron chi connectivity index (χ1n) is 9.45. The lowest BCUT2D eigenvalue weighted by molar-refractivity contribution is 0.0951. The molecule has 0 unspecified atom stereocenters. The van der Waals surface area contributed by atoms with E-state index < -0.39 is 0 Å². The highest BCUT2D eigenvalue weighted by molar-refractivity contribution is 6.36. The normalized spacial score (nSPS) is 10.8. The monoisotopic (exact) mass is 435 g/mol. The molecule has 2 N–H and O–H groups in total. The fraction of sp³-hybridized carbons (Fsp3) is 0.0833. The van der Waals surface area contributed by atoms with Gasteiger partial charge in [-0.15, -0.1) is 0 Å². The van der Waals surface area contributed by atoms with E-state index in [4.69, 9.17) is 23.2 Å². The van der Waals surface area contributed by atoms with Gasteiger partial charge >= 0.3 is 0 Å². The van der Waals surface area contributed by atoms with Crippen LogP contribution in [0.25, 0.3) is 22.5 Å². The van der Waals surface area contributed by atoms with E-state index in [1.165, 1.54) is 0 Å². The van der Waals surface area contributed by atoms with Crippen molar-refractivity contribution in [3.8, 4) is 22.5 Å². The van der Waals surface area contributed by atoms with Crippen molar-refractivity contribution in [3.63, 3.8) is 0 Å². The largest absolute Gasteiger partial charge is 0.348 e. The van der Waals surface area contributed by atoms with Crippen molar-refractivity contribution in [3.05, 3.63) is 99.5 Å². The number of aromatic amines is 1. The van der Waals surface area contributed by atoms with Gasteiger partial charge in [-0.25, -0.2) is 0 Å². The smallest absolute Gasteiger partial charge is 0.251 e. The van der Waals surface area contributed by atoms with Crippen LogP contribution in [0, 0.1) is 6.92 Å². The van der Waals surface area contributed by atoms with Crippen LogP contribution in [-0.2, 0) is 6.54 Å². The maximum absolute atomic E-state index is 12.5. The average molecular weight is 436 g/mol. The summed E-state index contributed by atoms with van der Waals surface area (Å²) < 4.78 is 0. The molecule has 4 aromatic rings. The topological polar surface area (TPSA) is 57.8 Å². The van der Waals surface area contributed by atoms with Gasteiger partial charge in [0.05, 0.1) is 16.4 Å². The maximum atomic E-state index is 12.5. The summed E-state index contributed by atoms with van der Waals surface area (Å²) in [5.41, 5.74) is 6.15. The van der Waals surface area contributed by atoms with Crippen molar-refractivity contribution < 1.29 is 4.79 Å². The number of aromatic nitrogens is 2. The minimum atomic E-state index is -0.111. The van der Waals surface area contributed by atoms with Crippen molar-refractivity contribution in [1.82, 2.24) is 15.5 Å². The Kier molecular flexibility index (Phi) is 5.88. The number of nitrogens with one attached hydrogen (secondary N) is 2. The third kappa shape index (κ3) is 4.40. The summed E-state index contributed by atoms with van der Waals surface area (Å²) in [4.78, 5) is 12.5. The second kappa shape index (κ2) is 8.74. The van der Waals surface area contributed by atoms with Gasteiger partial charge in [-0.2, -0.15) is 5.10 Å². The van der Waals surface area contributed by atoms with Gasteiger partial charge < -0.3 is 5.32 Å². The first-order chi connectivity index (χ1) is 14.5. The van der Waals surface area contributed by atoms with Gasteiger partial charge in [0.15, 0.2) is 0 Å². The highest BCUT2D eigenvalue weighted by Crippen LogP contribution is 2.31. The van der Waals surface area contributed by atoms with E-state index in [-0.39, 0.29) is 5.91 Å². The lowest BCUT2D eigenvalue weighted by Gasteiger charge is -2.08. The number of H-pyrrole nitrogens is 1. The molecule has 6 heteroatoms. The van der Waals surface area contributed by atoms with Crippen LogP contribution in [0.2, 0.25) is 10.0 Å². The Morgan fingerprint density at radius 2 is 1.77 bits per heavy atom. The number of amides is 1. The molecule has 0 saturated heterocycles. The lowest BCUT2D eigenvalue weighted by Crippen LogP contribution is -2.23. The molecule has 3 aromatic carbocycles. The summed E-state index contributed by atoms with van der Waals surface area (Å²) in [6.45, 7) is 2.53. The van der Waals surface area contributed by atoms with E-state index in [2.05, 4.69) is 15.5 Å². The predicted octanol–water partition coefficient (Wildman–Crippen LogP) is 6.29. The molecule has 1 amide bonds. The Labute approximate surface area is 184 Å². The first kappa shape index (κ1) is 20.2. The number of nitrogens with zero attached hydrogens (tertiary/aromatic N) is 1. The Balaban J connectivity index is 1.46. The zero-order chi connectivity index (χ0) is 21.1. The van der Waals surface area contributed by atoms with Crippen molar-refractivity contribution in [2.45, 2.75) is 13.5 Å². The van der Waals surface area contributed by atoms with Crippen LogP contribution in [0.3, 0.4) is 0 Å². The highest BCUT2D eigenvalue weighted by atomic mass is 35.5. The summed E-state index contributed by atoms with van der Waals surface area (Å²) in [5, 5.41) is 11.5. The average Bonchev–Trinajstić information content (AvgIpc) is 3.23. The Morgan fingerprint density at radius 3 is 2.50 bits per heavy atom. The standard InChI is InChI=1S/C24H19Cl2N3O/c1-15-4-2-3-5-18(15)14-27-24(30)17-8-6-16(7-9-17)22-13-23(29-28-22)20-11-10-19(25)12-21(20)26/h2-13H,14H2,1H3,(H,27,30)(H,28,29). The fourth-order valence-electron chi connectivity index (χ4n) is 3.19. The molecule has 0 radical (unpaired) electrons. The molecule has 0 aliphatic carbocycles. The molecule has 4 rings (SSSR count).